The summed E-state index contributed by atoms with van der Waals surface area (Å²) >= 11 is 0. The molecule has 2 aliphatic carbocycles. The molecule has 0 unspecified atom stereocenters. The van der Waals surface area contributed by atoms with E-state index in [9.17, 15) is 9.59 Å². The molecule has 3 amide bonds. The summed E-state index contributed by atoms with van der Waals surface area (Å²) in [6.07, 6.45) is 5.08. The Morgan fingerprint density at radius 1 is 1.20 bits per heavy atom. The Hall–Kier alpha value is -1.10. The molecule has 0 aromatic carbocycles. The minimum Gasteiger partial charge on any atom is -0.351 e. The van der Waals surface area contributed by atoms with Gasteiger partial charge in [-0.05, 0) is 37.5 Å². The molecule has 0 aromatic heterocycles. The zero-order valence-electron chi connectivity index (χ0n) is 8.66. The molecule has 4 N–H and O–H groups in total. The lowest BCUT2D eigenvalue weighted by atomic mass is 10.1. The number of nitrogens with two attached hydrogens (primary N) is 1. The van der Waals surface area contributed by atoms with Gasteiger partial charge in [0, 0.05) is 6.04 Å². The van der Waals surface area contributed by atoms with Gasteiger partial charge in [0.2, 0.25) is 5.91 Å². The van der Waals surface area contributed by atoms with Gasteiger partial charge in [0.1, 0.15) is 0 Å². The van der Waals surface area contributed by atoms with Crippen molar-refractivity contribution >= 4 is 11.9 Å². The summed E-state index contributed by atoms with van der Waals surface area (Å²) in [7, 11) is 0. The van der Waals surface area contributed by atoms with E-state index in [0.29, 0.717) is 6.04 Å². The second-order valence-electron chi connectivity index (χ2n) is 4.49. The molecule has 0 aliphatic heterocycles. The van der Waals surface area contributed by atoms with Crippen molar-refractivity contribution in [1.82, 2.24) is 10.6 Å². The van der Waals surface area contributed by atoms with E-state index in [2.05, 4.69) is 10.6 Å². The molecule has 0 radical (unpaired) electrons. The second kappa shape index (κ2) is 4.18. The lowest BCUT2D eigenvalue weighted by Crippen LogP contribution is -2.44. The molecule has 2 fully saturated rings. The monoisotopic (exact) mass is 211 g/mol. The molecule has 0 heterocycles. The van der Waals surface area contributed by atoms with E-state index >= 15 is 0 Å². The van der Waals surface area contributed by atoms with Gasteiger partial charge in [0.25, 0.3) is 0 Å². The average molecular weight is 211 g/mol. The van der Waals surface area contributed by atoms with E-state index in [1.807, 2.05) is 0 Å². The number of urea groups is 1. The van der Waals surface area contributed by atoms with Crippen LogP contribution in [-0.2, 0) is 4.79 Å². The van der Waals surface area contributed by atoms with Crippen LogP contribution in [0.5, 0.6) is 0 Å². The van der Waals surface area contributed by atoms with Gasteiger partial charge in [-0.25, -0.2) is 4.79 Å². The summed E-state index contributed by atoms with van der Waals surface area (Å²) in [5.41, 5.74) is 4.85. The Labute approximate surface area is 88.8 Å². The maximum atomic E-state index is 11.2. The van der Waals surface area contributed by atoms with Gasteiger partial charge in [-0.1, -0.05) is 0 Å². The summed E-state index contributed by atoms with van der Waals surface area (Å²) in [6.45, 7) is 0.195. The van der Waals surface area contributed by atoms with Crippen molar-refractivity contribution in [3.63, 3.8) is 0 Å². The number of imide groups is 1. The number of hydrogen-bond donors (Lipinski definition) is 3. The highest BCUT2D eigenvalue weighted by molar-refractivity contribution is 5.94. The minimum absolute atomic E-state index is 0.195. The lowest BCUT2D eigenvalue weighted by Gasteiger charge is -2.16. The fraction of sp³-hybridized carbons (Fsp3) is 0.800. The molecule has 2 saturated carbocycles. The zero-order chi connectivity index (χ0) is 10.8. The third kappa shape index (κ3) is 3.20. The molecule has 5 nitrogen and oxygen atoms in total. The SMILES string of the molecule is NC(=O)NC(=O)CNC(C1CC1)C1CC1. The highest BCUT2D eigenvalue weighted by Gasteiger charge is 2.41. The number of carbonyl (C=O) groups excluding carboxylic acids is 2. The molecule has 0 bridgehead atoms. The van der Waals surface area contributed by atoms with Crippen molar-refractivity contribution in [3.05, 3.63) is 0 Å². The van der Waals surface area contributed by atoms with E-state index in [0.717, 1.165) is 11.8 Å². The minimum atomic E-state index is -0.781. The molecular formula is C10H17N3O2. The predicted octanol–water partition coefficient (Wildman–Crippen LogP) is -0.0405. The van der Waals surface area contributed by atoms with Crippen LogP contribution in [0, 0.1) is 11.8 Å². The van der Waals surface area contributed by atoms with Crippen molar-refractivity contribution in [2.75, 3.05) is 6.54 Å². The Kier molecular flexibility index (Phi) is 2.90. The molecule has 0 spiro atoms. The number of rotatable bonds is 5. The smallest absolute Gasteiger partial charge is 0.318 e. The first-order valence-electron chi connectivity index (χ1n) is 5.49. The normalized spacial score (nSPS) is 20.3. The molecular weight excluding hydrogens is 194 g/mol. The first kappa shape index (κ1) is 10.4. The Morgan fingerprint density at radius 3 is 2.13 bits per heavy atom. The first-order chi connectivity index (χ1) is 7.16. The van der Waals surface area contributed by atoms with Gasteiger partial charge >= 0.3 is 6.03 Å². The van der Waals surface area contributed by atoms with Crippen molar-refractivity contribution in [2.24, 2.45) is 17.6 Å². The van der Waals surface area contributed by atoms with E-state index in [4.69, 9.17) is 5.73 Å². The summed E-state index contributed by atoms with van der Waals surface area (Å²) in [6, 6.07) is -0.306. The summed E-state index contributed by atoms with van der Waals surface area (Å²) in [5.74, 6) is 1.16. The van der Waals surface area contributed by atoms with Crippen LogP contribution in [0.1, 0.15) is 25.7 Å². The number of nitrogens with one attached hydrogen (secondary N) is 2. The molecule has 84 valence electrons. The van der Waals surface area contributed by atoms with Crippen LogP contribution in [0.2, 0.25) is 0 Å². The number of hydrogen-bond acceptors (Lipinski definition) is 3. The fourth-order valence-corrected chi connectivity index (χ4v) is 2.02. The van der Waals surface area contributed by atoms with Crippen molar-refractivity contribution in [2.45, 2.75) is 31.7 Å². The van der Waals surface area contributed by atoms with Crippen molar-refractivity contribution < 1.29 is 9.59 Å². The van der Waals surface area contributed by atoms with Gasteiger partial charge in [0.15, 0.2) is 0 Å². The Bertz CT molecular complexity index is 260. The molecule has 5 heteroatoms. The van der Waals surface area contributed by atoms with Crippen LogP contribution in [0.4, 0.5) is 4.79 Å². The van der Waals surface area contributed by atoms with Gasteiger partial charge < -0.3 is 11.1 Å². The van der Waals surface area contributed by atoms with Crippen LogP contribution >= 0.6 is 0 Å². The second-order valence-corrected chi connectivity index (χ2v) is 4.49. The maximum absolute atomic E-state index is 11.2. The van der Waals surface area contributed by atoms with Gasteiger partial charge in [-0.3, -0.25) is 10.1 Å². The number of carbonyl (C=O) groups is 2. The first-order valence-corrected chi connectivity index (χ1v) is 5.49. The van der Waals surface area contributed by atoms with Crippen LogP contribution in [0.3, 0.4) is 0 Å². The lowest BCUT2D eigenvalue weighted by molar-refractivity contribution is -0.119. The average Bonchev–Trinajstić information content (AvgIpc) is 2.99. The quantitative estimate of drug-likeness (QED) is 0.596. The summed E-state index contributed by atoms with van der Waals surface area (Å²) in [4.78, 5) is 21.6. The van der Waals surface area contributed by atoms with Crippen LogP contribution in [-0.4, -0.2) is 24.5 Å². The van der Waals surface area contributed by atoms with Gasteiger partial charge in [0.05, 0.1) is 6.54 Å². The summed E-state index contributed by atoms with van der Waals surface area (Å²) in [5, 5.41) is 5.28. The van der Waals surface area contributed by atoms with E-state index in [-0.39, 0.29) is 12.5 Å². The van der Waals surface area contributed by atoms with Gasteiger partial charge in [-0.15, -0.1) is 0 Å². The van der Waals surface area contributed by atoms with Crippen LogP contribution < -0.4 is 16.4 Å². The maximum Gasteiger partial charge on any atom is 0.318 e. The van der Waals surface area contributed by atoms with E-state index in [1.54, 1.807) is 0 Å². The zero-order valence-corrected chi connectivity index (χ0v) is 8.66. The third-order valence-corrected chi connectivity index (χ3v) is 3.02. The standard InChI is InChI=1S/C10H17N3O2/c11-10(15)13-8(14)5-12-9(6-1-2-6)7-3-4-7/h6-7,9,12H,1-5H2,(H3,11,13,14,15). The Morgan fingerprint density at radius 2 is 1.73 bits per heavy atom. The van der Waals surface area contributed by atoms with E-state index in [1.165, 1.54) is 25.7 Å². The highest BCUT2D eigenvalue weighted by Crippen LogP contribution is 2.44. The molecule has 15 heavy (non-hydrogen) atoms. The van der Waals surface area contributed by atoms with Crippen molar-refractivity contribution in [3.8, 4) is 0 Å². The van der Waals surface area contributed by atoms with E-state index < -0.39 is 6.03 Å². The van der Waals surface area contributed by atoms with Crippen LogP contribution in [0.15, 0.2) is 0 Å². The summed E-state index contributed by atoms with van der Waals surface area (Å²) < 4.78 is 0. The molecule has 0 atom stereocenters. The van der Waals surface area contributed by atoms with Gasteiger partial charge in [-0.2, -0.15) is 0 Å². The van der Waals surface area contributed by atoms with Crippen molar-refractivity contribution in [1.29, 1.82) is 0 Å². The molecule has 2 aliphatic rings. The molecule has 0 saturated heterocycles. The largest absolute Gasteiger partial charge is 0.351 e. The Balaban J connectivity index is 1.70. The molecule has 2 rings (SSSR count). The third-order valence-electron chi connectivity index (χ3n) is 3.02. The molecule has 0 aromatic rings. The highest BCUT2D eigenvalue weighted by atomic mass is 16.2. The number of amides is 3. The predicted molar refractivity (Wildman–Crippen MR) is 55.0 cm³/mol. The fourth-order valence-electron chi connectivity index (χ4n) is 2.02. The van der Waals surface area contributed by atoms with Crippen LogP contribution in [0.25, 0.3) is 0 Å². The number of primary amides is 1. The topological polar surface area (TPSA) is 84.2 Å².